The van der Waals surface area contributed by atoms with Gasteiger partial charge in [-0.05, 0) is 147 Å². The highest BCUT2D eigenvalue weighted by molar-refractivity contribution is 5.94. The van der Waals surface area contributed by atoms with Crippen LogP contribution < -0.4 is 27.0 Å². The van der Waals surface area contributed by atoms with Crippen molar-refractivity contribution in [2.75, 3.05) is 26.7 Å². The number of unbranched alkanes of at least 4 members (excludes halogenated alkanes) is 4. The molecule has 0 bridgehead atoms. The summed E-state index contributed by atoms with van der Waals surface area (Å²) in [5, 5.41) is 15.4. The molecule has 6 N–H and O–H groups in total. The molecule has 0 aliphatic carbocycles. The lowest BCUT2D eigenvalue weighted by Gasteiger charge is -2.50. The molecule has 9 heteroatoms. The molecule has 3 heterocycles. The van der Waals surface area contributed by atoms with Gasteiger partial charge in [-0.25, -0.2) is 0 Å². The van der Waals surface area contributed by atoms with Crippen LogP contribution in [0.4, 0.5) is 0 Å². The first-order chi connectivity index (χ1) is 22.5. The molecule has 0 amide bonds. The van der Waals surface area contributed by atoms with E-state index in [9.17, 15) is 0 Å². The predicted molar refractivity (Wildman–Crippen MR) is 213 cm³/mol. The molecule has 0 aromatic carbocycles. The largest absolute Gasteiger partial charge is 0.369 e. The van der Waals surface area contributed by atoms with Gasteiger partial charge in [0.2, 0.25) is 5.96 Å². The summed E-state index contributed by atoms with van der Waals surface area (Å²) in [6.07, 6.45) is 13.5. The standard InChI is InChI=1S/C40H81N9/c1-15-16-22-49(32-28-39(10,11)47-40(12,13)29-32)34(42-14)44-33(41)48(31-26-37(6,7)46-38(8,9)27-31)23-20-18-17-19-21-43-30-24-35(2,3)45-36(4,5)25-30/h30-32,43,45-47H,15-29H2,1-14H3,(H2,41,42,44). The first-order valence-electron chi connectivity index (χ1n) is 19.9. The molecule has 3 fully saturated rings. The van der Waals surface area contributed by atoms with Crippen molar-refractivity contribution in [1.29, 1.82) is 0 Å². The Kier molecular flexibility index (Phi) is 14.1. The lowest BCUT2D eigenvalue weighted by atomic mass is 9.79. The number of hydrogen-bond acceptors (Lipinski definition) is 5. The summed E-state index contributed by atoms with van der Waals surface area (Å²) in [7, 11) is 1.89. The molecule has 0 aromatic rings. The van der Waals surface area contributed by atoms with Crippen molar-refractivity contribution in [3.05, 3.63) is 0 Å². The Morgan fingerprint density at radius 2 is 1.02 bits per heavy atom. The molecule has 9 nitrogen and oxygen atoms in total. The van der Waals surface area contributed by atoms with Crippen molar-refractivity contribution in [2.45, 2.75) is 218 Å². The van der Waals surface area contributed by atoms with Gasteiger partial charge in [-0.3, -0.25) is 4.99 Å². The normalized spacial score (nSPS) is 25.7. The molecule has 0 saturated carbocycles. The Labute approximate surface area is 303 Å². The smallest absolute Gasteiger partial charge is 0.223 e. The number of aliphatic imine (C=N–C) groups is 2. The van der Waals surface area contributed by atoms with E-state index in [1.165, 1.54) is 32.1 Å². The molecule has 0 radical (unpaired) electrons. The summed E-state index contributed by atoms with van der Waals surface area (Å²) in [6, 6.07) is 1.26. The van der Waals surface area contributed by atoms with Gasteiger partial charge in [0.1, 0.15) is 0 Å². The Balaban J connectivity index is 1.73. The van der Waals surface area contributed by atoms with Crippen molar-refractivity contribution in [2.24, 2.45) is 15.7 Å². The molecular formula is C40H81N9. The van der Waals surface area contributed by atoms with E-state index in [1.54, 1.807) is 0 Å². The van der Waals surface area contributed by atoms with Gasteiger partial charge in [0, 0.05) is 71.5 Å². The van der Waals surface area contributed by atoms with Crippen molar-refractivity contribution < 1.29 is 0 Å². The van der Waals surface area contributed by atoms with E-state index in [1.807, 2.05) is 7.05 Å². The number of rotatable bonds is 13. The van der Waals surface area contributed by atoms with Crippen LogP contribution in [-0.4, -0.2) is 99.8 Å². The molecule has 0 spiro atoms. The summed E-state index contributed by atoms with van der Waals surface area (Å²) < 4.78 is 0. The molecule has 0 atom stereocenters. The maximum absolute atomic E-state index is 7.11. The lowest BCUT2D eigenvalue weighted by molar-refractivity contribution is 0.0999. The fraction of sp³-hybridized carbons (Fsp3) is 0.950. The molecule has 3 rings (SSSR count). The summed E-state index contributed by atoms with van der Waals surface area (Å²) in [4.78, 5) is 15.0. The highest BCUT2D eigenvalue weighted by Gasteiger charge is 2.43. The number of nitrogens with one attached hydrogen (secondary N) is 4. The SMILES string of the molecule is CCCCN(C(N=C(N)N(CCCCCCNC1CC(C)(C)NC(C)(C)C1)C1CC(C)(C)NC(C)(C)C1)=NC)C1CC(C)(C)NC(C)(C)C1. The second kappa shape index (κ2) is 16.5. The van der Waals surface area contributed by atoms with Crippen LogP contribution in [0.1, 0.15) is 167 Å². The fourth-order valence-electron chi connectivity index (χ4n) is 10.2. The van der Waals surface area contributed by atoms with Crippen molar-refractivity contribution >= 4 is 11.9 Å². The van der Waals surface area contributed by atoms with Crippen LogP contribution in [0.15, 0.2) is 9.98 Å². The summed E-state index contributed by atoms with van der Waals surface area (Å²) in [5.74, 6) is 1.42. The lowest BCUT2D eigenvalue weighted by Crippen LogP contribution is -2.64. The first-order valence-corrected chi connectivity index (χ1v) is 19.9. The molecule has 3 saturated heterocycles. The Hall–Kier alpha value is -1.42. The average molecular weight is 688 g/mol. The van der Waals surface area contributed by atoms with Gasteiger partial charge < -0.3 is 36.8 Å². The van der Waals surface area contributed by atoms with E-state index in [-0.39, 0.29) is 33.2 Å². The maximum Gasteiger partial charge on any atom is 0.223 e. The van der Waals surface area contributed by atoms with Gasteiger partial charge in [0.05, 0.1) is 0 Å². The molecular weight excluding hydrogens is 607 g/mol. The monoisotopic (exact) mass is 688 g/mol. The second-order valence-electron chi connectivity index (χ2n) is 20.0. The van der Waals surface area contributed by atoms with Crippen molar-refractivity contribution in [3.8, 4) is 0 Å². The van der Waals surface area contributed by atoms with E-state index in [4.69, 9.17) is 15.7 Å². The Morgan fingerprint density at radius 3 is 1.47 bits per heavy atom. The Morgan fingerprint density at radius 1 is 0.612 bits per heavy atom. The van der Waals surface area contributed by atoms with Gasteiger partial charge in [0.25, 0.3) is 0 Å². The quantitative estimate of drug-likeness (QED) is 0.0827. The van der Waals surface area contributed by atoms with Gasteiger partial charge in [-0.15, -0.1) is 0 Å². The van der Waals surface area contributed by atoms with Crippen LogP contribution in [0.5, 0.6) is 0 Å². The minimum absolute atomic E-state index is 0.0233. The summed E-state index contributed by atoms with van der Waals surface area (Å²) in [5.41, 5.74) is 7.60. The van der Waals surface area contributed by atoms with E-state index >= 15 is 0 Å². The van der Waals surface area contributed by atoms with E-state index < -0.39 is 0 Å². The topological polar surface area (TPSA) is 105 Å². The zero-order valence-corrected chi connectivity index (χ0v) is 34.7. The van der Waals surface area contributed by atoms with Crippen LogP contribution in [0.3, 0.4) is 0 Å². The third-order valence-electron chi connectivity index (χ3n) is 10.9. The predicted octanol–water partition coefficient (Wildman–Crippen LogP) is 6.77. The molecule has 3 aliphatic heterocycles. The van der Waals surface area contributed by atoms with E-state index in [0.29, 0.717) is 24.1 Å². The zero-order chi connectivity index (χ0) is 36.9. The maximum atomic E-state index is 7.11. The molecule has 49 heavy (non-hydrogen) atoms. The van der Waals surface area contributed by atoms with Gasteiger partial charge in [-0.2, -0.15) is 4.99 Å². The fourth-order valence-corrected chi connectivity index (χ4v) is 10.2. The zero-order valence-electron chi connectivity index (χ0n) is 34.7. The molecule has 3 aliphatic rings. The highest BCUT2D eigenvalue weighted by Crippen LogP contribution is 2.34. The van der Waals surface area contributed by atoms with Crippen LogP contribution in [0, 0.1) is 0 Å². The van der Waals surface area contributed by atoms with E-state index in [0.717, 1.165) is 70.5 Å². The molecule has 0 aromatic heterocycles. The number of nitrogens with zero attached hydrogens (tertiary/aromatic N) is 4. The van der Waals surface area contributed by atoms with Gasteiger partial charge >= 0.3 is 0 Å². The van der Waals surface area contributed by atoms with Gasteiger partial charge in [0.15, 0.2) is 5.96 Å². The second-order valence-corrected chi connectivity index (χ2v) is 20.0. The number of hydrogen-bond donors (Lipinski definition) is 5. The molecule has 0 unspecified atom stereocenters. The van der Waals surface area contributed by atoms with Gasteiger partial charge in [-0.1, -0.05) is 26.2 Å². The van der Waals surface area contributed by atoms with Crippen LogP contribution in [0.2, 0.25) is 0 Å². The highest BCUT2D eigenvalue weighted by atomic mass is 15.4. The first kappa shape index (κ1) is 42.0. The minimum Gasteiger partial charge on any atom is -0.369 e. The van der Waals surface area contributed by atoms with Crippen molar-refractivity contribution in [1.82, 2.24) is 31.1 Å². The number of guanidine groups is 2. The average Bonchev–Trinajstić information content (AvgIpc) is 2.88. The van der Waals surface area contributed by atoms with Crippen LogP contribution in [-0.2, 0) is 0 Å². The van der Waals surface area contributed by atoms with Crippen molar-refractivity contribution in [3.63, 3.8) is 0 Å². The van der Waals surface area contributed by atoms with E-state index in [2.05, 4.69) is 121 Å². The third-order valence-corrected chi connectivity index (χ3v) is 10.9. The minimum atomic E-state index is 0.0233. The Bertz CT molecular complexity index is 1060. The van der Waals surface area contributed by atoms with Crippen LogP contribution in [0.25, 0.3) is 0 Å². The summed E-state index contributed by atoms with van der Waals surface area (Å²) in [6.45, 7) is 33.2. The van der Waals surface area contributed by atoms with Crippen LogP contribution >= 0.6 is 0 Å². The number of nitrogens with two attached hydrogens (primary N) is 1. The third kappa shape index (κ3) is 13.6. The summed E-state index contributed by atoms with van der Waals surface area (Å²) >= 11 is 0. The number of piperidine rings is 3. The molecule has 286 valence electrons.